The molecule has 0 bridgehead atoms. The molecule has 6 heteroatoms. The minimum absolute atomic E-state index is 0.383. The molecule has 1 atom stereocenters. The predicted molar refractivity (Wildman–Crippen MR) is 71.6 cm³/mol. The molecule has 0 radical (unpaired) electrons. The molecule has 0 aromatic heterocycles. The van der Waals surface area contributed by atoms with Gasteiger partial charge in [-0.25, -0.2) is 13.6 Å². The van der Waals surface area contributed by atoms with E-state index in [1.165, 1.54) is 6.07 Å². The Balaban J connectivity index is 2.15. The Labute approximate surface area is 119 Å². The van der Waals surface area contributed by atoms with Gasteiger partial charge < -0.3 is 0 Å². The standard InChI is InChI=1S/C15H10F2N2O2/c16-10-7-4-8-11(17)12(10)13-14(20)18-15(21)19(13)9-5-2-1-3-6-9/h1-8,13H,(H,18,20,21). The Morgan fingerprint density at radius 3 is 2.14 bits per heavy atom. The van der Waals surface area contributed by atoms with E-state index in [2.05, 4.69) is 5.32 Å². The van der Waals surface area contributed by atoms with E-state index in [0.717, 1.165) is 17.0 Å². The SMILES string of the molecule is O=C1NC(=O)N(c2ccccc2)C1c1c(F)cccc1F. The van der Waals surface area contributed by atoms with Gasteiger partial charge in [0.1, 0.15) is 17.7 Å². The molecule has 1 aliphatic rings. The van der Waals surface area contributed by atoms with Crippen LogP contribution in [0.5, 0.6) is 0 Å². The van der Waals surface area contributed by atoms with Gasteiger partial charge in [0.2, 0.25) is 0 Å². The van der Waals surface area contributed by atoms with Gasteiger partial charge in [-0.2, -0.15) is 0 Å². The minimum Gasteiger partial charge on any atom is -0.277 e. The predicted octanol–water partition coefficient (Wildman–Crippen LogP) is 2.76. The normalized spacial score (nSPS) is 18.0. The third-order valence-electron chi connectivity index (χ3n) is 3.26. The van der Waals surface area contributed by atoms with Crippen molar-refractivity contribution in [2.75, 3.05) is 4.90 Å². The summed E-state index contributed by atoms with van der Waals surface area (Å²) in [7, 11) is 0. The first kappa shape index (κ1) is 13.2. The zero-order valence-corrected chi connectivity index (χ0v) is 10.7. The molecular weight excluding hydrogens is 278 g/mol. The molecule has 0 saturated carbocycles. The van der Waals surface area contributed by atoms with Crippen molar-refractivity contribution in [1.82, 2.24) is 5.32 Å². The van der Waals surface area contributed by atoms with Crippen molar-refractivity contribution in [2.45, 2.75) is 6.04 Å². The summed E-state index contributed by atoms with van der Waals surface area (Å²) < 4.78 is 27.9. The number of carbonyl (C=O) groups is 2. The first-order chi connectivity index (χ1) is 10.1. The lowest BCUT2D eigenvalue weighted by Crippen LogP contribution is -2.30. The van der Waals surface area contributed by atoms with Crippen LogP contribution >= 0.6 is 0 Å². The van der Waals surface area contributed by atoms with Gasteiger partial charge in [-0.15, -0.1) is 0 Å². The number of halogens is 2. The number of para-hydroxylation sites is 1. The van der Waals surface area contributed by atoms with E-state index in [1.807, 2.05) is 0 Å². The zero-order chi connectivity index (χ0) is 15.0. The number of rotatable bonds is 2. The van der Waals surface area contributed by atoms with Gasteiger partial charge in [0.25, 0.3) is 5.91 Å². The highest BCUT2D eigenvalue weighted by Crippen LogP contribution is 2.33. The Morgan fingerprint density at radius 1 is 0.905 bits per heavy atom. The highest BCUT2D eigenvalue weighted by Gasteiger charge is 2.43. The molecule has 3 rings (SSSR count). The summed E-state index contributed by atoms with van der Waals surface area (Å²) in [6.07, 6.45) is 0. The molecule has 3 amide bonds. The molecule has 0 spiro atoms. The lowest BCUT2D eigenvalue weighted by atomic mass is 10.0. The second-order valence-corrected chi connectivity index (χ2v) is 4.54. The molecular formula is C15H10F2N2O2. The Bertz CT molecular complexity index is 699. The summed E-state index contributed by atoms with van der Waals surface area (Å²) in [5.74, 6) is -2.50. The van der Waals surface area contributed by atoms with E-state index in [9.17, 15) is 18.4 Å². The monoisotopic (exact) mass is 288 g/mol. The second kappa shape index (κ2) is 4.97. The first-order valence-electron chi connectivity index (χ1n) is 6.22. The minimum atomic E-state index is -1.36. The average molecular weight is 288 g/mol. The average Bonchev–Trinajstić information content (AvgIpc) is 2.75. The number of amides is 3. The van der Waals surface area contributed by atoms with Crippen LogP contribution in [-0.2, 0) is 4.79 Å². The Morgan fingerprint density at radius 2 is 1.52 bits per heavy atom. The van der Waals surface area contributed by atoms with Crippen LogP contribution in [0.4, 0.5) is 19.3 Å². The number of imide groups is 1. The van der Waals surface area contributed by atoms with Crippen molar-refractivity contribution in [3.63, 3.8) is 0 Å². The van der Waals surface area contributed by atoms with Gasteiger partial charge in [-0.05, 0) is 24.3 Å². The van der Waals surface area contributed by atoms with Gasteiger partial charge in [0, 0.05) is 5.69 Å². The van der Waals surface area contributed by atoms with Crippen molar-refractivity contribution in [3.05, 3.63) is 65.7 Å². The lowest BCUT2D eigenvalue weighted by Gasteiger charge is -2.22. The lowest BCUT2D eigenvalue weighted by molar-refractivity contribution is -0.120. The molecule has 1 heterocycles. The smallest absolute Gasteiger partial charge is 0.277 e. The number of hydrogen-bond acceptors (Lipinski definition) is 2. The Hall–Kier alpha value is -2.76. The van der Waals surface area contributed by atoms with Crippen LogP contribution in [0.3, 0.4) is 0 Å². The first-order valence-corrected chi connectivity index (χ1v) is 6.22. The summed E-state index contributed by atoms with van der Waals surface area (Å²) in [6, 6.07) is 9.48. The van der Waals surface area contributed by atoms with Crippen LogP contribution in [0.15, 0.2) is 48.5 Å². The molecule has 1 aliphatic heterocycles. The van der Waals surface area contributed by atoms with Crippen LogP contribution < -0.4 is 10.2 Å². The van der Waals surface area contributed by atoms with E-state index in [4.69, 9.17) is 0 Å². The molecule has 106 valence electrons. The molecule has 0 aliphatic carbocycles. The molecule has 21 heavy (non-hydrogen) atoms. The largest absolute Gasteiger partial charge is 0.329 e. The van der Waals surface area contributed by atoms with Crippen LogP contribution in [0, 0.1) is 11.6 Å². The number of anilines is 1. The molecule has 2 aromatic rings. The molecule has 4 nitrogen and oxygen atoms in total. The van der Waals surface area contributed by atoms with Gasteiger partial charge in [0.15, 0.2) is 0 Å². The van der Waals surface area contributed by atoms with Gasteiger partial charge in [0.05, 0.1) is 5.56 Å². The van der Waals surface area contributed by atoms with E-state index in [1.54, 1.807) is 30.3 Å². The van der Waals surface area contributed by atoms with Crippen LogP contribution in [0.1, 0.15) is 11.6 Å². The number of nitrogens with zero attached hydrogens (tertiary/aromatic N) is 1. The maximum atomic E-state index is 13.9. The molecule has 1 fully saturated rings. The summed E-state index contributed by atoms with van der Waals surface area (Å²) in [4.78, 5) is 25.0. The van der Waals surface area contributed by atoms with Crippen LogP contribution in [0.25, 0.3) is 0 Å². The number of carbonyl (C=O) groups excluding carboxylic acids is 2. The van der Waals surface area contributed by atoms with Crippen molar-refractivity contribution in [2.24, 2.45) is 0 Å². The maximum Gasteiger partial charge on any atom is 0.329 e. The number of hydrogen-bond donors (Lipinski definition) is 1. The molecule has 1 saturated heterocycles. The van der Waals surface area contributed by atoms with Gasteiger partial charge in [-0.1, -0.05) is 24.3 Å². The van der Waals surface area contributed by atoms with E-state index >= 15 is 0 Å². The van der Waals surface area contributed by atoms with Gasteiger partial charge >= 0.3 is 6.03 Å². The van der Waals surface area contributed by atoms with Crippen LogP contribution in [0.2, 0.25) is 0 Å². The topological polar surface area (TPSA) is 49.4 Å². The molecule has 2 aromatic carbocycles. The summed E-state index contributed by atoms with van der Waals surface area (Å²) in [5.41, 5.74) is -0.0572. The number of benzene rings is 2. The third kappa shape index (κ3) is 2.14. The summed E-state index contributed by atoms with van der Waals surface area (Å²) in [5, 5.41) is 2.08. The van der Waals surface area contributed by atoms with Crippen molar-refractivity contribution in [3.8, 4) is 0 Å². The fraction of sp³-hybridized carbons (Fsp3) is 0.0667. The number of nitrogens with one attached hydrogen (secondary N) is 1. The zero-order valence-electron chi connectivity index (χ0n) is 10.7. The van der Waals surface area contributed by atoms with E-state index < -0.39 is 35.2 Å². The summed E-state index contributed by atoms with van der Waals surface area (Å²) in [6.45, 7) is 0. The van der Waals surface area contributed by atoms with Crippen molar-refractivity contribution in [1.29, 1.82) is 0 Å². The fourth-order valence-corrected chi connectivity index (χ4v) is 2.36. The summed E-state index contributed by atoms with van der Waals surface area (Å²) >= 11 is 0. The highest BCUT2D eigenvalue weighted by molar-refractivity contribution is 6.14. The second-order valence-electron chi connectivity index (χ2n) is 4.54. The van der Waals surface area contributed by atoms with Gasteiger partial charge in [-0.3, -0.25) is 15.0 Å². The third-order valence-corrected chi connectivity index (χ3v) is 3.26. The maximum absolute atomic E-state index is 13.9. The fourth-order valence-electron chi connectivity index (χ4n) is 2.36. The highest BCUT2D eigenvalue weighted by atomic mass is 19.1. The quantitative estimate of drug-likeness (QED) is 0.864. The van der Waals surface area contributed by atoms with Crippen molar-refractivity contribution < 1.29 is 18.4 Å². The van der Waals surface area contributed by atoms with E-state index in [-0.39, 0.29) is 0 Å². The Kier molecular flexibility index (Phi) is 3.13. The van der Waals surface area contributed by atoms with Crippen LogP contribution in [-0.4, -0.2) is 11.9 Å². The number of urea groups is 1. The molecule has 1 N–H and O–H groups in total. The van der Waals surface area contributed by atoms with E-state index in [0.29, 0.717) is 5.69 Å². The molecule has 1 unspecified atom stereocenters. The van der Waals surface area contributed by atoms with Crippen molar-refractivity contribution >= 4 is 17.6 Å².